The highest BCUT2D eigenvalue weighted by Crippen LogP contribution is 2.60. The molecule has 0 amide bonds. The molecule has 0 aliphatic heterocycles. The third-order valence-electron chi connectivity index (χ3n) is 6.10. The molecular formula is C17H22O4. The quantitative estimate of drug-likeness (QED) is 0.743. The van der Waals surface area contributed by atoms with Gasteiger partial charge >= 0.3 is 5.97 Å². The summed E-state index contributed by atoms with van der Waals surface area (Å²) in [4.78, 5) is 11.8. The summed E-state index contributed by atoms with van der Waals surface area (Å²) in [6, 6.07) is 5.25. The topological polar surface area (TPSA) is 77.8 Å². The van der Waals surface area contributed by atoms with Gasteiger partial charge in [0.05, 0.1) is 11.0 Å². The van der Waals surface area contributed by atoms with Gasteiger partial charge < -0.3 is 15.3 Å². The molecule has 0 heterocycles. The molecular weight excluding hydrogens is 268 g/mol. The molecule has 0 unspecified atom stereocenters. The van der Waals surface area contributed by atoms with E-state index in [-0.39, 0.29) is 5.75 Å². The number of hydrogen-bond acceptors (Lipinski definition) is 3. The normalized spacial score (nSPS) is 38.4. The van der Waals surface area contributed by atoms with Crippen molar-refractivity contribution in [2.24, 2.45) is 5.41 Å². The minimum absolute atomic E-state index is 0.168. The number of fused-ring (bicyclic) bond motifs is 3. The molecule has 1 saturated carbocycles. The van der Waals surface area contributed by atoms with Crippen LogP contribution in [0.4, 0.5) is 0 Å². The lowest BCUT2D eigenvalue weighted by Gasteiger charge is -2.59. The Morgan fingerprint density at radius 3 is 2.57 bits per heavy atom. The van der Waals surface area contributed by atoms with Gasteiger partial charge in [-0.1, -0.05) is 19.4 Å². The van der Waals surface area contributed by atoms with Crippen LogP contribution in [0.25, 0.3) is 0 Å². The number of hydrogen-bond donors (Lipinski definition) is 3. The van der Waals surface area contributed by atoms with E-state index in [2.05, 4.69) is 0 Å². The molecule has 3 atom stereocenters. The molecule has 0 saturated heterocycles. The summed E-state index contributed by atoms with van der Waals surface area (Å²) in [6.45, 7) is 3.62. The van der Waals surface area contributed by atoms with E-state index < -0.39 is 22.4 Å². The van der Waals surface area contributed by atoms with Crippen molar-refractivity contribution in [3.05, 3.63) is 29.3 Å². The predicted octanol–water partition coefficient (Wildman–Crippen LogP) is 2.60. The number of carboxylic acid groups (broad SMARTS) is 1. The van der Waals surface area contributed by atoms with Crippen LogP contribution in [0.1, 0.15) is 50.7 Å². The Morgan fingerprint density at radius 2 is 1.90 bits per heavy atom. The van der Waals surface area contributed by atoms with Gasteiger partial charge in [0.25, 0.3) is 0 Å². The van der Waals surface area contributed by atoms with Crippen molar-refractivity contribution in [2.75, 3.05) is 0 Å². The SMILES string of the molecule is C[C@]1(C(=O)O)CCC[C@]2(C)c3cc(O)ccc3CC[C@@]12O. The van der Waals surface area contributed by atoms with Crippen LogP contribution < -0.4 is 0 Å². The summed E-state index contributed by atoms with van der Waals surface area (Å²) in [5.74, 6) is -0.763. The molecule has 4 nitrogen and oxygen atoms in total. The van der Waals surface area contributed by atoms with Crippen LogP contribution in [0.3, 0.4) is 0 Å². The van der Waals surface area contributed by atoms with Gasteiger partial charge in [0.15, 0.2) is 0 Å². The van der Waals surface area contributed by atoms with Gasteiger partial charge in [0.2, 0.25) is 0 Å². The average molecular weight is 290 g/mol. The molecule has 2 aliphatic rings. The van der Waals surface area contributed by atoms with Crippen molar-refractivity contribution in [2.45, 2.75) is 57.0 Å². The number of aryl methyl sites for hydroxylation is 1. The summed E-state index contributed by atoms with van der Waals surface area (Å²) < 4.78 is 0. The Morgan fingerprint density at radius 1 is 1.19 bits per heavy atom. The van der Waals surface area contributed by atoms with Crippen molar-refractivity contribution in [1.82, 2.24) is 0 Å². The van der Waals surface area contributed by atoms with Crippen molar-refractivity contribution in [3.63, 3.8) is 0 Å². The van der Waals surface area contributed by atoms with Gasteiger partial charge in [-0.2, -0.15) is 0 Å². The van der Waals surface area contributed by atoms with Crippen LogP contribution in [-0.4, -0.2) is 26.9 Å². The first-order valence-electron chi connectivity index (χ1n) is 7.53. The van der Waals surface area contributed by atoms with Crippen molar-refractivity contribution in [1.29, 1.82) is 0 Å². The number of aliphatic hydroxyl groups is 1. The summed E-state index contributed by atoms with van der Waals surface area (Å²) in [5.41, 5.74) is -1.06. The first kappa shape index (κ1) is 14.4. The zero-order chi connectivity index (χ0) is 15.5. The second-order valence-corrected chi connectivity index (χ2v) is 7.02. The zero-order valence-corrected chi connectivity index (χ0v) is 12.5. The Bertz CT molecular complexity index is 611. The van der Waals surface area contributed by atoms with Crippen LogP contribution in [0.2, 0.25) is 0 Å². The number of aliphatic carboxylic acids is 1. The number of carboxylic acids is 1. The number of rotatable bonds is 1. The lowest BCUT2D eigenvalue weighted by Crippen LogP contribution is -2.66. The van der Waals surface area contributed by atoms with E-state index in [1.165, 1.54) is 0 Å². The van der Waals surface area contributed by atoms with Crippen LogP contribution >= 0.6 is 0 Å². The average Bonchev–Trinajstić information content (AvgIpc) is 2.42. The molecule has 1 fully saturated rings. The maximum atomic E-state index is 11.8. The maximum Gasteiger partial charge on any atom is 0.312 e. The summed E-state index contributed by atoms with van der Waals surface area (Å²) in [6.07, 6.45) is 3.08. The molecule has 3 N–H and O–H groups in total. The Hall–Kier alpha value is -1.55. The van der Waals surface area contributed by atoms with E-state index in [1.807, 2.05) is 13.0 Å². The fourth-order valence-electron chi connectivity index (χ4n) is 4.62. The second kappa shape index (κ2) is 4.23. The number of benzene rings is 1. The number of phenols is 1. The van der Waals surface area contributed by atoms with Crippen molar-refractivity contribution < 1.29 is 20.1 Å². The molecule has 21 heavy (non-hydrogen) atoms. The lowest BCUT2D eigenvalue weighted by atomic mass is 9.47. The summed E-state index contributed by atoms with van der Waals surface area (Å²) >= 11 is 0. The Balaban J connectivity index is 2.23. The third kappa shape index (κ3) is 1.62. The predicted molar refractivity (Wildman–Crippen MR) is 78.3 cm³/mol. The van der Waals surface area contributed by atoms with Crippen LogP contribution in [0.5, 0.6) is 5.75 Å². The Kier molecular flexibility index (Phi) is 2.90. The molecule has 1 aromatic carbocycles. The highest BCUT2D eigenvalue weighted by molar-refractivity contribution is 5.77. The number of carbonyl (C=O) groups is 1. The molecule has 0 aromatic heterocycles. The largest absolute Gasteiger partial charge is 0.508 e. The van der Waals surface area contributed by atoms with Gasteiger partial charge in [-0.3, -0.25) is 4.79 Å². The molecule has 2 aliphatic carbocycles. The maximum absolute atomic E-state index is 11.8. The second-order valence-electron chi connectivity index (χ2n) is 7.02. The van der Waals surface area contributed by atoms with Gasteiger partial charge in [0.1, 0.15) is 5.75 Å². The van der Waals surface area contributed by atoms with E-state index in [9.17, 15) is 20.1 Å². The van der Waals surface area contributed by atoms with Crippen LogP contribution in [0.15, 0.2) is 18.2 Å². The van der Waals surface area contributed by atoms with Gasteiger partial charge in [-0.05, 0) is 55.9 Å². The fraction of sp³-hybridized carbons (Fsp3) is 0.588. The fourth-order valence-corrected chi connectivity index (χ4v) is 4.62. The van der Waals surface area contributed by atoms with E-state index in [0.29, 0.717) is 19.3 Å². The minimum atomic E-state index is -1.29. The zero-order valence-electron chi connectivity index (χ0n) is 12.5. The standard InChI is InChI=1S/C17H22O4/c1-15-7-3-8-16(2,14(19)20)17(15,21)9-6-11-4-5-12(18)10-13(11)15/h4-5,10,18,21H,3,6-9H2,1-2H3,(H,19,20)/t15-,16-,17+/m1/s1. The molecule has 114 valence electrons. The molecule has 0 spiro atoms. The van der Waals surface area contributed by atoms with Gasteiger partial charge in [-0.15, -0.1) is 0 Å². The highest BCUT2D eigenvalue weighted by Gasteiger charge is 2.65. The molecule has 0 radical (unpaired) electrons. The van der Waals surface area contributed by atoms with Gasteiger partial charge in [0, 0.05) is 5.41 Å². The monoisotopic (exact) mass is 290 g/mol. The summed E-state index contributed by atoms with van der Waals surface area (Å²) in [7, 11) is 0. The molecule has 0 bridgehead atoms. The van der Waals surface area contributed by atoms with Crippen molar-refractivity contribution >= 4 is 5.97 Å². The molecule has 3 rings (SSSR count). The first-order valence-corrected chi connectivity index (χ1v) is 7.53. The van der Waals surface area contributed by atoms with Crippen molar-refractivity contribution in [3.8, 4) is 5.75 Å². The number of aromatic hydroxyl groups is 1. The van der Waals surface area contributed by atoms with E-state index >= 15 is 0 Å². The Labute approximate surface area is 124 Å². The highest BCUT2D eigenvalue weighted by atomic mass is 16.4. The summed E-state index contributed by atoms with van der Waals surface area (Å²) in [5, 5.41) is 30.9. The van der Waals surface area contributed by atoms with E-state index in [4.69, 9.17) is 0 Å². The smallest absolute Gasteiger partial charge is 0.312 e. The van der Waals surface area contributed by atoms with E-state index in [1.54, 1.807) is 19.1 Å². The van der Waals surface area contributed by atoms with Crippen LogP contribution in [-0.2, 0) is 16.6 Å². The first-order chi connectivity index (χ1) is 9.74. The van der Waals surface area contributed by atoms with Gasteiger partial charge in [-0.25, -0.2) is 0 Å². The molecule has 4 heteroatoms. The molecule has 1 aromatic rings. The number of phenolic OH excluding ortho intramolecular Hbond substituents is 1. The van der Waals surface area contributed by atoms with E-state index in [0.717, 1.165) is 24.0 Å². The third-order valence-corrected chi connectivity index (χ3v) is 6.10. The lowest BCUT2D eigenvalue weighted by molar-refractivity contribution is -0.195. The minimum Gasteiger partial charge on any atom is -0.508 e. The van der Waals surface area contributed by atoms with Crippen LogP contribution in [0, 0.1) is 5.41 Å².